The number of hydrogen-bond acceptors (Lipinski definition) is 2. The highest BCUT2D eigenvalue weighted by atomic mass is 16.2. The Labute approximate surface area is 102 Å². The van der Waals surface area contributed by atoms with Crippen LogP contribution in [0.3, 0.4) is 0 Å². The van der Waals surface area contributed by atoms with E-state index in [1.54, 1.807) is 0 Å². The highest BCUT2D eigenvalue weighted by molar-refractivity contribution is 6.12. The molecule has 0 aromatic heterocycles. The van der Waals surface area contributed by atoms with Gasteiger partial charge in [-0.25, -0.2) is 0 Å². The second kappa shape index (κ2) is 3.09. The second-order valence-corrected chi connectivity index (χ2v) is 5.66. The van der Waals surface area contributed by atoms with Crippen molar-refractivity contribution in [3.05, 3.63) is 22.3 Å². The van der Waals surface area contributed by atoms with Crippen LogP contribution in [0.4, 0.5) is 0 Å². The van der Waals surface area contributed by atoms with E-state index < -0.39 is 11.0 Å². The SMILES string of the molecule is CC1=C(C)C2(NC(=O)C2(C)C)C(C)=C(C)C1=O. The number of allylic oxidation sites excluding steroid dienone is 2. The van der Waals surface area contributed by atoms with Crippen molar-refractivity contribution in [2.75, 3.05) is 0 Å². The number of hydrogen-bond donors (Lipinski definition) is 1. The van der Waals surface area contributed by atoms with E-state index in [1.165, 1.54) is 0 Å². The first-order valence-corrected chi connectivity index (χ1v) is 5.91. The molecule has 1 N–H and O–H groups in total. The van der Waals surface area contributed by atoms with Crippen LogP contribution in [0.25, 0.3) is 0 Å². The minimum absolute atomic E-state index is 0.0474. The fourth-order valence-corrected chi connectivity index (χ4v) is 3.18. The van der Waals surface area contributed by atoms with E-state index in [9.17, 15) is 9.59 Å². The van der Waals surface area contributed by atoms with Crippen LogP contribution in [-0.2, 0) is 9.59 Å². The lowest BCUT2D eigenvalue weighted by atomic mass is 9.54. The molecule has 1 spiro atoms. The molecule has 1 aliphatic carbocycles. The quantitative estimate of drug-likeness (QED) is 0.651. The molecule has 3 nitrogen and oxygen atoms in total. The zero-order chi connectivity index (χ0) is 13.2. The van der Waals surface area contributed by atoms with Gasteiger partial charge < -0.3 is 5.32 Å². The van der Waals surface area contributed by atoms with Crippen LogP contribution in [0.2, 0.25) is 0 Å². The van der Waals surface area contributed by atoms with Crippen LogP contribution >= 0.6 is 0 Å². The molecule has 0 bridgehead atoms. The lowest BCUT2D eigenvalue weighted by Crippen LogP contribution is -2.76. The summed E-state index contributed by atoms with van der Waals surface area (Å²) in [5.41, 5.74) is 2.56. The maximum Gasteiger partial charge on any atom is 0.229 e. The molecule has 2 aliphatic rings. The molecule has 1 fully saturated rings. The smallest absolute Gasteiger partial charge is 0.229 e. The number of amides is 1. The average molecular weight is 233 g/mol. The maximum absolute atomic E-state index is 12.0. The van der Waals surface area contributed by atoms with Gasteiger partial charge in [0.2, 0.25) is 5.91 Å². The van der Waals surface area contributed by atoms with Gasteiger partial charge in [-0.2, -0.15) is 0 Å². The Hall–Kier alpha value is -1.38. The third-order valence-corrected chi connectivity index (χ3v) is 4.74. The Morgan fingerprint density at radius 1 is 0.882 bits per heavy atom. The summed E-state index contributed by atoms with van der Waals surface area (Å²) in [6.45, 7) is 11.5. The van der Waals surface area contributed by atoms with Crippen molar-refractivity contribution in [3.63, 3.8) is 0 Å². The number of β-lactam (4-membered cyclic amide) rings is 1. The molecule has 92 valence electrons. The van der Waals surface area contributed by atoms with E-state index in [4.69, 9.17) is 0 Å². The summed E-state index contributed by atoms with van der Waals surface area (Å²) in [4.78, 5) is 23.8. The number of carbonyl (C=O) groups is 2. The molecule has 1 aliphatic heterocycles. The van der Waals surface area contributed by atoms with Gasteiger partial charge in [0.15, 0.2) is 5.78 Å². The fraction of sp³-hybridized carbons (Fsp3) is 0.571. The Morgan fingerprint density at radius 2 is 1.29 bits per heavy atom. The van der Waals surface area contributed by atoms with Gasteiger partial charge in [-0.3, -0.25) is 9.59 Å². The molecule has 0 aromatic carbocycles. The van der Waals surface area contributed by atoms with Gasteiger partial charge in [-0.1, -0.05) is 0 Å². The van der Waals surface area contributed by atoms with E-state index >= 15 is 0 Å². The molecule has 0 saturated carbocycles. The average Bonchev–Trinajstić information content (AvgIpc) is 2.29. The lowest BCUT2D eigenvalue weighted by molar-refractivity contribution is -0.147. The van der Waals surface area contributed by atoms with Gasteiger partial charge in [-0.15, -0.1) is 0 Å². The van der Waals surface area contributed by atoms with Crippen LogP contribution in [0.1, 0.15) is 41.5 Å². The summed E-state index contributed by atoms with van der Waals surface area (Å²) in [7, 11) is 0. The highest BCUT2D eigenvalue weighted by Crippen LogP contribution is 2.52. The van der Waals surface area contributed by atoms with Crippen LogP contribution in [-0.4, -0.2) is 17.2 Å². The Balaban J connectivity index is 2.71. The van der Waals surface area contributed by atoms with Crippen molar-refractivity contribution in [1.29, 1.82) is 0 Å². The van der Waals surface area contributed by atoms with E-state index in [0.717, 1.165) is 22.3 Å². The first-order chi connectivity index (χ1) is 7.68. The zero-order valence-corrected chi connectivity index (χ0v) is 11.3. The van der Waals surface area contributed by atoms with Crippen molar-refractivity contribution in [1.82, 2.24) is 5.32 Å². The lowest BCUT2D eigenvalue weighted by Gasteiger charge is -2.58. The summed E-state index contributed by atoms with van der Waals surface area (Å²) in [6, 6.07) is 0. The molecule has 3 heteroatoms. The molecule has 0 unspecified atom stereocenters. The molecule has 17 heavy (non-hydrogen) atoms. The number of ketones is 1. The molecule has 1 heterocycles. The Kier molecular flexibility index (Phi) is 2.20. The van der Waals surface area contributed by atoms with E-state index in [-0.39, 0.29) is 11.7 Å². The van der Waals surface area contributed by atoms with Gasteiger partial charge >= 0.3 is 0 Å². The molecule has 1 amide bonds. The van der Waals surface area contributed by atoms with Crippen LogP contribution in [0, 0.1) is 5.41 Å². The van der Waals surface area contributed by atoms with Gasteiger partial charge in [0.05, 0.1) is 11.0 Å². The Morgan fingerprint density at radius 3 is 1.59 bits per heavy atom. The van der Waals surface area contributed by atoms with Gasteiger partial charge in [0.1, 0.15) is 0 Å². The van der Waals surface area contributed by atoms with Gasteiger partial charge in [0.25, 0.3) is 0 Å². The van der Waals surface area contributed by atoms with E-state index in [2.05, 4.69) is 5.32 Å². The second-order valence-electron chi connectivity index (χ2n) is 5.66. The fourth-order valence-electron chi connectivity index (χ4n) is 3.18. The molecule has 1 saturated heterocycles. The monoisotopic (exact) mass is 233 g/mol. The highest BCUT2D eigenvalue weighted by Gasteiger charge is 2.63. The largest absolute Gasteiger partial charge is 0.341 e. The number of rotatable bonds is 0. The van der Waals surface area contributed by atoms with Gasteiger partial charge in [0, 0.05) is 0 Å². The third kappa shape index (κ3) is 1.07. The number of carbonyl (C=O) groups excluding carboxylic acids is 2. The normalized spacial score (nSPS) is 26.2. The molecular weight excluding hydrogens is 214 g/mol. The first-order valence-electron chi connectivity index (χ1n) is 5.91. The molecular formula is C14H19NO2. The van der Waals surface area contributed by atoms with Crippen LogP contribution < -0.4 is 5.32 Å². The maximum atomic E-state index is 12.0. The van der Waals surface area contributed by atoms with Crippen molar-refractivity contribution < 1.29 is 9.59 Å². The summed E-state index contributed by atoms with van der Waals surface area (Å²) in [5.74, 6) is 0.147. The minimum atomic E-state index is -0.482. The van der Waals surface area contributed by atoms with Gasteiger partial charge in [-0.05, 0) is 63.8 Å². The predicted molar refractivity (Wildman–Crippen MR) is 66.4 cm³/mol. The summed E-state index contributed by atoms with van der Waals surface area (Å²) in [6.07, 6.45) is 0. The summed E-state index contributed by atoms with van der Waals surface area (Å²) < 4.78 is 0. The van der Waals surface area contributed by atoms with Crippen molar-refractivity contribution >= 4 is 11.7 Å². The van der Waals surface area contributed by atoms with E-state index in [0.29, 0.717) is 0 Å². The van der Waals surface area contributed by atoms with Crippen molar-refractivity contribution in [2.24, 2.45) is 5.41 Å². The van der Waals surface area contributed by atoms with Crippen LogP contribution in [0.5, 0.6) is 0 Å². The van der Waals surface area contributed by atoms with E-state index in [1.807, 2.05) is 41.5 Å². The van der Waals surface area contributed by atoms with Crippen molar-refractivity contribution in [2.45, 2.75) is 47.1 Å². The Bertz CT molecular complexity index is 478. The number of Topliss-reactive ketones (excluding diaryl/α,β-unsaturated/α-hetero) is 1. The summed E-state index contributed by atoms with van der Waals surface area (Å²) >= 11 is 0. The zero-order valence-electron chi connectivity index (χ0n) is 11.3. The molecule has 0 atom stereocenters. The molecule has 2 rings (SSSR count). The summed E-state index contributed by atoms with van der Waals surface area (Å²) in [5, 5.41) is 3.02. The van der Waals surface area contributed by atoms with Crippen molar-refractivity contribution in [3.8, 4) is 0 Å². The predicted octanol–water partition coefficient (Wildman–Crippen LogP) is 2.14. The molecule has 0 aromatic rings. The standard InChI is InChI=1S/C14H19NO2/c1-7-9(3)14(10(4)8(2)11(7)16)13(5,6)12(17)15-14/h1-6H3,(H,15,17). The molecule has 0 radical (unpaired) electrons. The topological polar surface area (TPSA) is 46.2 Å². The number of nitrogens with one attached hydrogen (secondary N) is 1. The van der Waals surface area contributed by atoms with Crippen LogP contribution in [0.15, 0.2) is 22.3 Å². The minimum Gasteiger partial charge on any atom is -0.341 e. The first kappa shape index (κ1) is 12.1. The third-order valence-electron chi connectivity index (χ3n) is 4.74.